The summed E-state index contributed by atoms with van der Waals surface area (Å²) in [5.74, 6) is -2.46. The smallest absolute Gasteiger partial charge is 0.340 e. The second-order valence-electron chi connectivity index (χ2n) is 7.96. The molecule has 0 radical (unpaired) electrons. The monoisotopic (exact) mass is 449 g/mol. The van der Waals surface area contributed by atoms with Crippen LogP contribution in [-0.2, 0) is 0 Å². The van der Waals surface area contributed by atoms with Crippen molar-refractivity contribution in [3.05, 3.63) is 98.7 Å². The van der Waals surface area contributed by atoms with Crippen LogP contribution < -0.4 is 10.7 Å². The molecule has 0 fully saturated rings. The molecule has 0 aliphatic rings. The maximum Gasteiger partial charge on any atom is 0.340 e. The van der Waals surface area contributed by atoms with Gasteiger partial charge in [-0.1, -0.05) is 24.3 Å². The molecule has 168 valence electrons. The summed E-state index contributed by atoms with van der Waals surface area (Å²) in [4.78, 5) is 24.7. The highest BCUT2D eigenvalue weighted by molar-refractivity contribution is 5.94. The quantitative estimate of drug-likeness (QED) is 0.378. The minimum Gasteiger partial charge on any atom is -0.478 e. The van der Waals surface area contributed by atoms with Crippen LogP contribution in [0.5, 0.6) is 0 Å². The Hall–Kier alpha value is -4.00. The molecule has 33 heavy (non-hydrogen) atoms. The minimum absolute atomic E-state index is 0.101. The lowest BCUT2D eigenvalue weighted by molar-refractivity contribution is 0.0693. The van der Waals surface area contributed by atoms with E-state index in [0.29, 0.717) is 27.7 Å². The van der Waals surface area contributed by atoms with Gasteiger partial charge in [0.15, 0.2) is 5.43 Å². The van der Waals surface area contributed by atoms with Crippen LogP contribution in [0.1, 0.15) is 40.0 Å². The van der Waals surface area contributed by atoms with Crippen molar-refractivity contribution in [3.63, 3.8) is 0 Å². The van der Waals surface area contributed by atoms with Crippen molar-refractivity contribution >= 4 is 22.6 Å². The minimum atomic E-state index is -1.40. The zero-order valence-corrected chi connectivity index (χ0v) is 18.2. The highest BCUT2D eigenvalue weighted by atomic mass is 19.1. The zero-order valence-electron chi connectivity index (χ0n) is 18.2. The Morgan fingerprint density at radius 2 is 1.79 bits per heavy atom. The molecule has 0 bridgehead atoms. The average Bonchev–Trinajstić information content (AvgIpc) is 2.75. The van der Waals surface area contributed by atoms with Crippen molar-refractivity contribution in [2.24, 2.45) is 0 Å². The molecule has 1 aromatic heterocycles. The molecule has 0 saturated heterocycles. The highest BCUT2D eigenvalue weighted by Gasteiger charge is 2.21. The van der Waals surface area contributed by atoms with Gasteiger partial charge < -0.3 is 14.8 Å². The molecule has 4 rings (SSSR count). The van der Waals surface area contributed by atoms with Crippen molar-refractivity contribution in [3.8, 4) is 11.3 Å². The molecule has 3 aromatic carbocycles. The molecule has 1 unspecified atom stereocenters. The van der Waals surface area contributed by atoms with Crippen molar-refractivity contribution < 1.29 is 23.1 Å². The number of rotatable bonds is 5. The summed E-state index contributed by atoms with van der Waals surface area (Å²) in [5.41, 5.74) is 1.84. The number of halogens is 2. The van der Waals surface area contributed by atoms with Crippen LogP contribution in [-0.4, -0.2) is 11.1 Å². The molecule has 0 spiro atoms. The van der Waals surface area contributed by atoms with Crippen molar-refractivity contribution in [2.75, 3.05) is 5.32 Å². The lowest BCUT2D eigenvalue weighted by Gasteiger charge is -2.20. The fourth-order valence-electron chi connectivity index (χ4n) is 3.97. The zero-order chi connectivity index (χ0) is 23.9. The van der Waals surface area contributed by atoms with Gasteiger partial charge in [0, 0.05) is 16.7 Å². The number of hydrogen-bond acceptors (Lipinski definition) is 4. The Morgan fingerprint density at radius 1 is 1.06 bits per heavy atom. The third kappa shape index (κ3) is 4.09. The Labute approximate surface area is 188 Å². The van der Waals surface area contributed by atoms with Crippen molar-refractivity contribution in [2.45, 2.75) is 26.8 Å². The third-order valence-corrected chi connectivity index (χ3v) is 5.54. The Kier molecular flexibility index (Phi) is 5.72. The van der Waals surface area contributed by atoms with Crippen LogP contribution in [0, 0.1) is 25.5 Å². The van der Waals surface area contributed by atoms with Gasteiger partial charge in [-0.2, -0.15) is 0 Å². The van der Waals surface area contributed by atoms with E-state index in [0.717, 1.165) is 11.6 Å². The first-order chi connectivity index (χ1) is 15.7. The molecule has 1 heterocycles. The summed E-state index contributed by atoms with van der Waals surface area (Å²) in [5, 5.41) is 12.8. The van der Waals surface area contributed by atoms with Gasteiger partial charge in [0.1, 0.15) is 28.5 Å². The van der Waals surface area contributed by atoms with Gasteiger partial charge in [-0.25, -0.2) is 13.6 Å². The molecule has 5 nitrogen and oxygen atoms in total. The van der Waals surface area contributed by atoms with E-state index in [4.69, 9.17) is 4.42 Å². The molecule has 0 saturated carbocycles. The Bertz CT molecular complexity index is 1460. The molecule has 0 aliphatic heterocycles. The maximum absolute atomic E-state index is 14.1. The van der Waals surface area contributed by atoms with Gasteiger partial charge in [-0.3, -0.25) is 4.79 Å². The van der Waals surface area contributed by atoms with Crippen LogP contribution in [0.3, 0.4) is 0 Å². The number of aromatic carboxylic acids is 1. The van der Waals surface area contributed by atoms with E-state index in [1.807, 2.05) is 13.0 Å². The molecule has 7 heteroatoms. The van der Waals surface area contributed by atoms with Crippen LogP contribution in [0.4, 0.5) is 14.5 Å². The molecular weight excluding hydrogens is 428 g/mol. The predicted molar refractivity (Wildman–Crippen MR) is 123 cm³/mol. The van der Waals surface area contributed by atoms with Gasteiger partial charge >= 0.3 is 5.97 Å². The summed E-state index contributed by atoms with van der Waals surface area (Å²) in [6, 6.07) is 12.7. The number of aryl methyl sites for hydroxylation is 1. The summed E-state index contributed by atoms with van der Waals surface area (Å²) < 4.78 is 34.1. The number of carboxylic acid groups (broad SMARTS) is 1. The second kappa shape index (κ2) is 8.50. The number of benzene rings is 3. The van der Waals surface area contributed by atoms with Crippen LogP contribution in [0.2, 0.25) is 0 Å². The Morgan fingerprint density at radius 3 is 2.48 bits per heavy atom. The predicted octanol–water partition coefficient (Wildman–Crippen LogP) is 6.23. The molecule has 4 aromatic rings. The van der Waals surface area contributed by atoms with E-state index in [1.165, 1.54) is 30.3 Å². The van der Waals surface area contributed by atoms with Crippen molar-refractivity contribution in [1.29, 1.82) is 0 Å². The van der Waals surface area contributed by atoms with Gasteiger partial charge in [0.05, 0.1) is 17.1 Å². The lowest BCUT2D eigenvalue weighted by atomic mass is 9.98. The van der Waals surface area contributed by atoms with Gasteiger partial charge in [0.25, 0.3) is 0 Å². The fourth-order valence-corrected chi connectivity index (χ4v) is 3.97. The standard InChI is InChI=1S/C26H21F2NO4/c1-13-10-18(15(3)29-21-9-5-8-20(28)22(21)26(31)32)25-19(11-13)23(30)14(2)24(33-25)16-6-4-7-17(27)12-16/h4-12,15,29H,1-3H3,(H,31,32). The molecule has 0 aliphatic carbocycles. The van der Waals surface area contributed by atoms with Gasteiger partial charge in [0.2, 0.25) is 0 Å². The second-order valence-corrected chi connectivity index (χ2v) is 7.96. The molecule has 2 N–H and O–H groups in total. The van der Waals surface area contributed by atoms with Crippen LogP contribution >= 0.6 is 0 Å². The molecule has 1 atom stereocenters. The fraction of sp³-hybridized carbons (Fsp3) is 0.154. The van der Waals surface area contributed by atoms with Crippen molar-refractivity contribution in [1.82, 2.24) is 0 Å². The number of carbonyl (C=O) groups is 1. The summed E-state index contributed by atoms with van der Waals surface area (Å²) >= 11 is 0. The molecule has 0 amide bonds. The maximum atomic E-state index is 14.1. The number of fused-ring (bicyclic) bond motifs is 1. The summed E-state index contributed by atoms with van der Waals surface area (Å²) in [6.45, 7) is 5.21. The summed E-state index contributed by atoms with van der Waals surface area (Å²) in [6.07, 6.45) is 0. The number of anilines is 1. The number of nitrogens with one attached hydrogen (secondary N) is 1. The molecular formula is C26H21F2NO4. The van der Waals surface area contributed by atoms with Crippen LogP contribution in [0.15, 0.2) is 63.8 Å². The average molecular weight is 449 g/mol. The topological polar surface area (TPSA) is 79.5 Å². The Balaban J connectivity index is 1.90. The first kappa shape index (κ1) is 22.2. The van der Waals surface area contributed by atoms with E-state index < -0.39 is 29.2 Å². The number of hydrogen-bond donors (Lipinski definition) is 2. The van der Waals surface area contributed by atoms with Gasteiger partial charge in [-0.05, 0) is 56.7 Å². The van der Waals surface area contributed by atoms with E-state index >= 15 is 0 Å². The van der Waals surface area contributed by atoms with E-state index in [-0.39, 0.29) is 16.9 Å². The third-order valence-electron chi connectivity index (χ3n) is 5.54. The van der Waals surface area contributed by atoms with Crippen LogP contribution in [0.25, 0.3) is 22.3 Å². The number of carboxylic acids is 1. The SMILES string of the molecule is Cc1cc(C(C)Nc2cccc(F)c2C(=O)O)c2oc(-c3cccc(F)c3)c(C)c(=O)c2c1. The highest BCUT2D eigenvalue weighted by Crippen LogP contribution is 2.33. The van der Waals surface area contributed by atoms with Gasteiger partial charge in [-0.15, -0.1) is 0 Å². The first-order valence-electron chi connectivity index (χ1n) is 10.3. The lowest BCUT2D eigenvalue weighted by Crippen LogP contribution is -2.14. The van der Waals surface area contributed by atoms with E-state index in [1.54, 1.807) is 26.0 Å². The van der Waals surface area contributed by atoms with E-state index in [9.17, 15) is 23.5 Å². The summed E-state index contributed by atoms with van der Waals surface area (Å²) in [7, 11) is 0. The van der Waals surface area contributed by atoms with E-state index in [2.05, 4.69) is 5.32 Å². The normalized spacial score (nSPS) is 12.0. The largest absolute Gasteiger partial charge is 0.478 e. The first-order valence-corrected chi connectivity index (χ1v) is 10.3.